The molecule has 5 aromatic rings. The van der Waals surface area contributed by atoms with Gasteiger partial charge in [-0.2, -0.15) is 9.07 Å². The Bertz CT molecular complexity index is 1350. The first-order valence-electron chi connectivity index (χ1n) is 9.00. The second-order valence-electron chi connectivity index (χ2n) is 6.98. The summed E-state index contributed by atoms with van der Waals surface area (Å²) in [6.45, 7) is 0. The molecule has 0 saturated heterocycles. The van der Waals surface area contributed by atoms with Crippen molar-refractivity contribution in [2.24, 2.45) is 5.92 Å². The lowest BCUT2D eigenvalue weighted by Gasteiger charge is -2.09. The molecule has 0 bridgehead atoms. The highest BCUT2D eigenvalue weighted by Crippen LogP contribution is 2.42. The van der Waals surface area contributed by atoms with E-state index in [2.05, 4.69) is 25.5 Å². The Morgan fingerprint density at radius 2 is 2.00 bits per heavy atom. The Hall–Kier alpha value is -3.40. The van der Waals surface area contributed by atoms with Gasteiger partial charge in [0, 0.05) is 12.5 Å². The van der Waals surface area contributed by atoms with Crippen LogP contribution in [0.2, 0.25) is 0 Å². The number of nitrogens with zero attached hydrogens (tertiary/aromatic N) is 8. The summed E-state index contributed by atoms with van der Waals surface area (Å²) >= 11 is 0. The van der Waals surface area contributed by atoms with Gasteiger partial charge in [-0.15, -0.1) is 15.3 Å². The van der Waals surface area contributed by atoms with Gasteiger partial charge in [0.25, 0.3) is 12.0 Å². The highest BCUT2D eigenvalue weighted by molar-refractivity contribution is 5.94. The molecule has 4 aromatic heterocycles. The first kappa shape index (κ1) is 15.6. The summed E-state index contributed by atoms with van der Waals surface area (Å²) in [6.07, 6.45) is 4.83. The van der Waals surface area contributed by atoms with Crippen molar-refractivity contribution in [1.82, 2.24) is 39.0 Å². The van der Waals surface area contributed by atoms with Crippen LogP contribution >= 0.6 is 0 Å². The third kappa shape index (κ3) is 2.06. The Kier molecular flexibility index (Phi) is 3.10. The maximum absolute atomic E-state index is 14.4. The molecule has 28 heavy (non-hydrogen) atoms. The third-order valence-electron chi connectivity index (χ3n) is 5.27. The summed E-state index contributed by atoms with van der Waals surface area (Å²) in [5.41, 5.74) is 2.53. The van der Waals surface area contributed by atoms with Gasteiger partial charge in [-0.3, -0.25) is 4.40 Å². The molecular weight excluding hydrogens is 363 g/mol. The van der Waals surface area contributed by atoms with Crippen LogP contribution in [0.15, 0.2) is 36.7 Å². The fourth-order valence-corrected chi connectivity index (χ4v) is 3.83. The SMILES string of the molecule is COC(c1cn(-c2nnc3c4ccccc4n4c(F)ncc4n23)nn1)C1CC1. The number of halogens is 1. The molecule has 6 rings (SSSR count). The number of hydrogen-bond acceptors (Lipinski definition) is 6. The van der Waals surface area contributed by atoms with Gasteiger partial charge in [0.15, 0.2) is 5.65 Å². The smallest absolute Gasteiger partial charge is 0.295 e. The van der Waals surface area contributed by atoms with Crippen LogP contribution in [0.3, 0.4) is 0 Å². The number of ether oxygens (including phenoxy) is 1. The molecule has 0 amide bonds. The Labute approximate surface area is 157 Å². The predicted octanol–water partition coefficient (Wildman–Crippen LogP) is 2.35. The minimum absolute atomic E-state index is 0.0822. The lowest BCUT2D eigenvalue weighted by molar-refractivity contribution is 0.0810. The molecule has 1 fully saturated rings. The van der Waals surface area contributed by atoms with Crippen LogP contribution in [-0.2, 0) is 4.74 Å². The van der Waals surface area contributed by atoms with Crippen LogP contribution in [-0.4, -0.2) is 46.1 Å². The molecule has 9 nitrogen and oxygen atoms in total. The molecule has 0 spiro atoms. The van der Waals surface area contributed by atoms with Crippen molar-refractivity contribution in [2.45, 2.75) is 18.9 Å². The summed E-state index contributed by atoms with van der Waals surface area (Å²) in [6, 6.07) is 7.43. The first-order valence-corrected chi connectivity index (χ1v) is 9.00. The highest BCUT2D eigenvalue weighted by atomic mass is 19.1. The second-order valence-corrected chi connectivity index (χ2v) is 6.98. The molecule has 1 aliphatic carbocycles. The lowest BCUT2D eigenvalue weighted by atomic mass is 10.2. The molecule has 0 N–H and O–H groups in total. The number of rotatable bonds is 4. The summed E-state index contributed by atoms with van der Waals surface area (Å²) in [5, 5.41) is 17.9. The number of methoxy groups -OCH3 is 1. The molecule has 1 unspecified atom stereocenters. The van der Waals surface area contributed by atoms with Gasteiger partial charge >= 0.3 is 0 Å². The van der Waals surface area contributed by atoms with Gasteiger partial charge in [-0.25, -0.2) is 9.38 Å². The van der Waals surface area contributed by atoms with Crippen molar-refractivity contribution in [1.29, 1.82) is 0 Å². The zero-order valence-corrected chi connectivity index (χ0v) is 14.9. The minimum Gasteiger partial charge on any atom is -0.375 e. The van der Waals surface area contributed by atoms with Gasteiger partial charge in [-0.05, 0) is 30.9 Å². The molecular formula is C18H15FN8O. The summed E-state index contributed by atoms with van der Waals surface area (Å²) in [7, 11) is 1.68. The largest absolute Gasteiger partial charge is 0.375 e. The van der Waals surface area contributed by atoms with E-state index in [1.807, 2.05) is 24.3 Å². The van der Waals surface area contributed by atoms with Crippen molar-refractivity contribution >= 4 is 22.2 Å². The number of imidazole rings is 1. The van der Waals surface area contributed by atoms with Gasteiger partial charge in [0.1, 0.15) is 17.4 Å². The average molecular weight is 378 g/mol. The first-order chi connectivity index (χ1) is 13.8. The third-order valence-corrected chi connectivity index (χ3v) is 5.27. The van der Waals surface area contributed by atoms with Crippen LogP contribution < -0.4 is 0 Å². The lowest BCUT2D eigenvalue weighted by Crippen LogP contribution is -2.06. The van der Waals surface area contributed by atoms with E-state index in [0.717, 1.165) is 23.9 Å². The molecule has 1 saturated carbocycles. The standard InChI is InChI=1S/C18H15FN8O/c1-28-15(10-6-7-10)12-9-25(24-21-12)18-23-22-16-11-4-2-3-5-13(11)26-14(27(16)18)8-20-17(26)19/h2-5,8-10,15H,6-7H2,1H3. The molecule has 0 aliphatic heterocycles. The molecule has 1 aromatic carbocycles. The van der Waals surface area contributed by atoms with Crippen molar-refractivity contribution in [3.8, 4) is 5.95 Å². The van der Waals surface area contributed by atoms with Crippen molar-refractivity contribution in [3.63, 3.8) is 0 Å². The second kappa shape index (κ2) is 5.55. The quantitative estimate of drug-likeness (QED) is 0.477. The van der Waals surface area contributed by atoms with Crippen molar-refractivity contribution < 1.29 is 9.13 Å². The van der Waals surface area contributed by atoms with E-state index in [9.17, 15) is 4.39 Å². The molecule has 1 aliphatic rings. The molecule has 4 heterocycles. The van der Waals surface area contributed by atoms with Crippen LogP contribution in [0, 0.1) is 12.0 Å². The Balaban J connectivity index is 1.62. The minimum atomic E-state index is -0.597. The van der Waals surface area contributed by atoms with Gasteiger partial charge in [-0.1, -0.05) is 17.3 Å². The fraction of sp³-hybridized carbons (Fsp3) is 0.278. The zero-order valence-electron chi connectivity index (χ0n) is 14.9. The van der Waals surface area contributed by atoms with Gasteiger partial charge in [0.05, 0.1) is 17.9 Å². The van der Waals surface area contributed by atoms with Crippen LogP contribution in [0.4, 0.5) is 4.39 Å². The van der Waals surface area contributed by atoms with E-state index in [1.165, 1.54) is 10.6 Å². The summed E-state index contributed by atoms with van der Waals surface area (Å²) < 4.78 is 24.7. The van der Waals surface area contributed by atoms with Crippen LogP contribution in [0.25, 0.3) is 28.1 Å². The number of fused-ring (bicyclic) bond motifs is 6. The summed E-state index contributed by atoms with van der Waals surface area (Å²) in [4.78, 5) is 3.84. The Morgan fingerprint density at radius 3 is 2.82 bits per heavy atom. The molecule has 10 heteroatoms. The van der Waals surface area contributed by atoms with Gasteiger partial charge < -0.3 is 4.74 Å². The van der Waals surface area contributed by atoms with E-state index < -0.39 is 6.08 Å². The topological polar surface area (TPSA) is 87.4 Å². The van der Waals surface area contributed by atoms with E-state index in [0.29, 0.717) is 28.7 Å². The van der Waals surface area contributed by atoms with E-state index >= 15 is 0 Å². The normalized spacial score (nSPS) is 15.8. The maximum Gasteiger partial charge on any atom is 0.295 e. The van der Waals surface area contributed by atoms with Crippen LogP contribution in [0.1, 0.15) is 24.6 Å². The number of para-hydroxylation sites is 1. The fourth-order valence-electron chi connectivity index (χ4n) is 3.83. The van der Waals surface area contributed by atoms with Crippen molar-refractivity contribution in [2.75, 3.05) is 7.11 Å². The van der Waals surface area contributed by atoms with E-state index in [-0.39, 0.29) is 6.10 Å². The zero-order chi connectivity index (χ0) is 18.8. The highest BCUT2D eigenvalue weighted by Gasteiger charge is 2.34. The van der Waals surface area contributed by atoms with Gasteiger partial charge in [0.2, 0.25) is 0 Å². The molecule has 0 radical (unpaired) electrons. The number of aromatic nitrogens is 8. The molecule has 140 valence electrons. The van der Waals surface area contributed by atoms with Crippen molar-refractivity contribution in [3.05, 3.63) is 48.4 Å². The van der Waals surface area contributed by atoms with Crippen LogP contribution in [0.5, 0.6) is 0 Å². The number of hydrogen-bond donors (Lipinski definition) is 0. The Morgan fingerprint density at radius 1 is 1.14 bits per heavy atom. The maximum atomic E-state index is 14.4. The predicted molar refractivity (Wildman–Crippen MR) is 96.6 cm³/mol. The summed E-state index contributed by atoms with van der Waals surface area (Å²) in [5.74, 6) is 0.889. The monoisotopic (exact) mass is 378 g/mol. The average Bonchev–Trinajstić information content (AvgIpc) is 3.11. The number of benzene rings is 1. The van der Waals surface area contributed by atoms with E-state index in [1.54, 1.807) is 22.4 Å². The van der Waals surface area contributed by atoms with E-state index in [4.69, 9.17) is 4.74 Å². The molecule has 1 atom stereocenters.